The van der Waals surface area contributed by atoms with Gasteiger partial charge in [0.2, 0.25) is 0 Å². The molecule has 2 aromatic rings. The van der Waals surface area contributed by atoms with Crippen LogP contribution < -0.4 is 15.0 Å². The minimum Gasteiger partial charge on any atom is -0.481 e. The standard InChI is InChI=1S/C21H23Cl3N2O2/c1-13-18(22)14(2)20(24)21(19(13)23)28-12-17(27)25-15-8-4-5-9-16(15)26-10-6-3-7-11-26/h4-5,8-9H,3,6-7,10-12H2,1-2H3,(H,25,27). The van der Waals surface area contributed by atoms with Crippen molar-refractivity contribution in [1.82, 2.24) is 0 Å². The van der Waals surface area contributed by atoms with Crippen LogP contribution in [0.2, 0.25) is 15.1 Å². The number of nitrogens with zero attached hydrogens (tertiary/aromatic N) is 1. The van der Waals surface area contributed by atoms with Crippen molar-refractivity contribution in [2.45, 2.75) is 33.1 Å². The van der Waals surface area contributed by atoms with Gasteiger partial charge in [-0.3, -0.25) is 4.79 Å². The number of halogens is 3. The Morgan fingerprint density at radius 1 is 1.00 bits per heavy atom. The second kappa shape index (κ2) is 9.25. The van der Waals surface area contributed by atoms with Gasteiger partial charge in [0.1, 0.15) is 0 Å². The van der Waals surface area contributed by atoms with Crippen LogP contribution in [0.25, 0.3) is 0 Å². The molecule has 0 saturated carbocycles. The zero-order valence-corrected chi connectivity index (χ0v) is 18.2. The van der Waals surface area contributed by atoms with Gasteiger partial charge in [0.15, 0.2) is 12.4 Å². The monoisotopic (exact) mass is 440 g/mol. The molecule has 0 bridgehead atoms. The second-order valence-corrected chi connectivity index (χ2v) is 8.06. The molecule has 0 radical (unpaired) electrons. The Balaban J connectivity index is 1.71. The molecule has 4 nitrogen and oxygen atoms in total. The van der Waals surface area contributed by atoms with Crippen LogP contribution in [0.3, 0.4) is 0 Å². The van der Waals surface area contributed by atoms with Gasteiger partial charge < -0.3 is 15.0 Å². The van der Waals surface area contributed by atoms with E-state index >= 15 is 0 Å². The van der Waals surface area contributed by atoms with Crippen molar-refractivity contribution in [2.24, 2.45) is 0 Å². The van der Waals surface area contributed by atoms with Crippen LogP contribution in [-0.2, 0) is 4.79 Å². The van der Waals surface area contributed by atoms with Gasteiger partial charge in [-0.05, 0) is 56.4 Å². The van der Waals surface area contributed by atoms with Crippen molar-refractivity contribution >= 4 is 52.1 Å². The molecule has 150 valence electrons. The molecule has 1 aliphatic heterocycles. The van der Waals surface area contributed by atoms with Crippen LogP contribution in [0.1, 0.15) is 30.4 Å². The number of rotatable bonds is 5. The van der Waals surface area contributed by atoms with Gasteiger partial charge in [-0.1, -0.05) is 46.9 Å². The Hall–Kier alpha value is -1.62. The zero-order chi connectivity index (χ0) is 20.3. The molecule has 0 aromatic heterocycles. The molecular formula is C21H23Cl3N2O2. The lowest BCUT2D eigenvalue weighted by molar-refractivity contribution is -0.118. The Labute approximate surface area is 180 Å². The highest BCUT2D eigenvalue weighted by molar-refractivity contribution is 6.42. The summed E-state index contributed by atoms with van der Waals surface area (Å²) in [6.45, 7) is 5.37. The molecule has 1 amide bonds. The van der Waals surface area contributed by atoms with Gasteiger partial charge in [0, 0.05) is 18.1 Å². The molecule has 1 N–H and O–H groups in total. The van der Waals surface area contributed by atoms with Gasteiger partial charge in [-0.25, -0.2) is 0 Å². The van der Waals surface area contributed by atoms with E-state index in [0.29, 0.717) is 26.2 Å². The summed E-state index contributed by atoms with van der Waals surface area (Å²) in [6.07, 6.45) is 3.58. The normalized spacial score (nSPS) is 14.1. The third kappa shape index (κ3) is 4.51. The maximum Gasteiger partial charge on any atom is 0.262 e. The Bertz CT molecular complexity index is 851. The average Bonchev–Trinajstić information content (AvgIpc) is 2.72. The topological polar surface area (TPSA) is 41.6 Å². The fraction of sp³-hybridized carbons (Fsp3) is 0.381. The van der Waals surface area contributed by atoms with Gasteiger partial charge in [0.25, 0.3) is 5.91 Å². The van der Waals surface area contributed by atoms with Crippen molar-refractivity contribution in [1.29, 1.82) is 0 Å². The Morgan fingerprint density at radius 3 is 2.25 bits per heavy atom. The molecule has 1 heterocycles. The minimum atomic E-state index is -0.276. The minimum absolute atomic E-state index is 0.200. The van der Waals surface area contributed by atoms with E-state index in [1.54, 1.807) is 13.8 Å². The second-order valence-electron chi connectivity index (χ2n) is 6.92. The molecule has 2 aromatic carbocycles. The number of carbonyl (C=O) groups excluding carboxylic acids is 1. The quantitative estimate of drug-likeness (QED) is 0.594. The molecule has 0 atom stereocenters. The number of nitrogens with one attached hydrogen (secondary N) is 1. The van der Waals surface area contributed by atoms with Crippen LogP contribution >= 0.6 is 34.8 Å². The molecule has 0 aliphatic carbocycles. The highest BCUT2D eigenvalue weighted by Gasteiger charge is 2.20. The van der Waals surface area contributed by atoms with Crippen molar-refractivity contribution in [3.63, 3.8) is 0 Å². The van der Waals surface area contributed by atoms with Crippen LogP contribution in [0, 0.1) is 13.8 Å². The lowest BCUT2D eigenvalue weighted by Gasteiger charge is -2.30. The largest absolute Gasteiger partial charge is 0.481 e. The molecule has 1 saturated heterocycles. The number of benzene rings is 2. The average molecular weight is 442 g/mol. The summed E-state index contributed by atoms with van der Waals surface area (Å²) in [5.74, 6) is 0.00375. The summed E-state index contributed by atoms with van der Waals surface area (Å²) in [6, 6.07) is 7.82. The number of ether oxygens (including phenoxy) is 1. The van der Waals surface area contributed by atoms with E-state index < -0.39 is 0 Å². The summed E-state index contributed by atoms with van der Waals surface area (Å²) in [4.78, 5) is 14.8. The van der Waals surface area contributed by atoms with E-state index in [4.69, 9.17) is 39.5 Å². The Kier molecular flexibility index (Phi) is 6.97. The summed E-state index contributed by atoms with van der Waals surface area (Å²) in [5, 5.41) is 4.08. The first-order chi connectivity index (χ1) is 13.4. The number of piperidine rings is 1. The van der Waals surface area contributed by atoms with Crippen LogP contribution in [0.15, 0.2) is 24.3 Å². The Morgan fingerprint density at radius 2 is 1.61 bits per heavy atom. The number of para-hydroxylation sites is 2. The molecule has 1 aliphatic rings. The first-order valence-corrected chi connectivity index (χ1v) is 10.4. The first kappa shape index (κ1) is 21.1. The highest BCUT2D eigenvalue weighted by Crippen LogP contribution is 2.42. The van der Waals surface area contributed by atoms with E-state index in [1.807, 2.05) is 24.3 Å². The molecule has 28 heavy (non-hydrogen) atoms. The molecule has 3 rings (SSSR count). The lowest BCUT2D eigenvalue weighted by Crippen LogP contribution is -2.31. The number of carbonyl (C=O) groups is 1. The third-order valence-corrected chi connectivity index (χ3v) is 6.42. The maximum absolute atomic E-state index is 12.5. The van der Waals surface area contributed by atoms with Gasteiger partial charge in [-0.15, -0.1) is 0 Å². The van der Waals surface area contributed by atoms with E-state index in [9.17, 15) is 4.79 Å². The summed E-state index contributed by atoms with van der Waals surface area (Å²) in [5.41, 5.74) is 3.16. The molecule has 1 fully saturated rings. The maximum atomic E-state index is 12.5. The fourth-order valence-electron chi connectivity index (χ4n) is 3.35. The summed E-state index contributed by atoms with van der Waals surface area (Å²) >= 11 is 18.8. The predicted molar refractivity (Wildman–Crippen MR) is 118 cm³/mol. The first-order valence-electron chi connectivity index (χ1n) is 9.30. The summed E-state index contributed by atoms with van der Waals surface area (Å²) in [7, 11) is 0. The smallest absolute Gasteiger partial charge is 0.262 e. The van der Waals surface area contributed by atoms with Gasteiger partial charge in [-0.2, -0.15) is 0 Å². The molecule has 0 spiro atoms. The van der Waals surface area contributed by atoms with E-state index in [-0.39, 0.29) is 18.3 Å². The van der Waals surface area contributed by atoms with Crippen LogP contribution in [0.4, 0.5) is 11.4 Å². The predicted octanol–water partition coefficient (Wildman–Crippen LogP) is 6.27. The van der Waals surface area contributed by atoms with E-state index in [0.717, 1.165) is 37.3 Å². The third-order valence-electron chi connectivity index (χ3n) is 4.94. The number of amides is 1. The number of anilines is 2. The molecular weight excluding hydrogens is 419 g/mol. The van der Waals surface area contributed by atoms with Gasteiger partial charge >= 0.3 is 0 Å². The number of hydrogen-bond donors (Lipinski definition) is 1. The lowest BCUT2D eigenvalue weighted by atomic mass is 10.1. The molecule has 0 unspecified atom stereocenters. The SMILES string of the molecule is Cc1c(Cl)c(C)c(Cl)c(OCC(=O)Nc2ccccc2N2CCCCC2)c1Cl. The van der Waals surface area contributed by atoms with E-state index in [2.05, 4.69) is 10.2 Å². The van der Waals surface area contributed by atoms with E-state index in [1.165, 1.54) is 6.42 Å². The van der Waals surface area contributed by atoms with Gasteiger partial charge in [0.05, 0.1) is 21.4 Å². The summed E-state index contributed by atoms with van der Waals surface area (Å²) < 4.78 is 5.66. The van der Waals surface area contributed by atoms with Crippen molar-refractivity contribution in [2.75, 3.05) is 29.9 Å². The van der Waals surface area contributed by atoms with Crippen LogP contribution in [-0.4, -0.2) is 25.6 Å². The van der Waals surface area contributed by atoms with Crippen molar-refractivity contribution in [3.8, 4) is 5.75 Å². The zero-order valence-electron chi connectivity index (χ0n) is 15.9. The highest BCUT2D eigenvalue weighted by atomic mass is 35.5. The van der Waals surface area contributed by atoms with Crippen LogP contribution in [0.5, 0.6) is 5.75 Å². The number of hydrogen-bond acceptors (Lipinski definition) is 3. The van der Waals surface area contributed by atoms with Crippen molar-refractivity contribution in [3.05, 3.63) is 50.5 Å². The molecule has 7 heteroatoms. The van der Waals surface area contributed by atoms with Crippen molar-refractivity contribution < 1.29 is 9.53 Å². The fourth-order valence-corrected chi connectivity index (χ4v) is 4.17.